The summed E-state index contributed by atoms with van der Waals surface area (Å²) in [5, 5.41) is 2.52. The molecule has 1 N–H and O–H groups in total. The first-order valence-electron chi connectivity index (χ1n) is 7.86. The van der Waals surface area contributed by atoms with Crippen LogP contribution in [0.15, 0.2) is 24.3 Å². The van der Waals surface area contributed by atoms with Crippen molar-refractivity contribution in [1.29, 1.82) is 0 Å². The molecule has 3 amide bonds. The fourth-order valence-corrected chi connectivity index (χ4v) is 3.52. The minimum atomic E-state index is -0.598. The zero-order valence-corrected chi connectivity index (χ0v) is 12.5. The number of nitrogens with zero attached hydrogens (tertiary/aromatic N) is 1. The average molecular weight is 286 g/mol. The van der Waals surface area contributed by atoms with Gasteiger partial charge in [0.15, 0.2) is 0 Å². The average Bonchev–Trinajstić information content (AvgIpc) is 2.73. The fourth-order valence-electron chi connectivity index (χ4n) is 3.52. The zero-order chi connectivity index (χ0) is 14.9. The van der Waals surface area contributed by atoms with E-state index in [1.807, 2.05) is 0 Å². The van der Waals surface area contributed by atoms with Gasteiger partial charge in [-0.1, -0.05) is 50.5 Å². The highest BCUT2D eigenvalue weighted by molar-refractivity contribution is 6.07. The molecule has 1 aromatic carbocycles. The van der Waals surface area contributed by atoms with Gasteiger partial charge in [-0.2, -0.15) is 0 Å². The second-order valence-electron chi connectivity index (χ2n) is 6.11. The van der Waals surface area contributed by atoms with Crippen LogP contribution in [0.2, 0.25) is 0 Å². The lowest BCUT2D eigenvalue weighted by atomic mass is 9.80. The van der Waals surface area contributed by atoms with E-state index in [1.54, 1.807) is 4.90 Å². The number of aryl methyl sites for hydroxylation is 1. The zero-order valence-electron chi connectivity index (χ0n) is 12.5. The molecule has 2 aliphatic rings. The van der Waals surface area contributed by atoms with E-state index >= 15 is 0 Å². The fraction of sp³-hybridized carbons (Fsp3) is 0.529. The Morgan fingerprint density at radius 2 is 1.67 bits per heavy atom. The maximum atomic E-state index is 12.3. The molecule has 112 valence electrons. The van der Waals surface area contributed by atoms with E-state index in [9.17, 15) is 9.59 Å². The van der Waals surface area contributed by atoms with Crippen LogP contribution >= 0.6 is 0 Å². The quantitative estimate of drug-likeness (QED) is 0.868. The Morgan fingerprint density at radius 3 is 2.29 bits per heavy atom. The van der Waals surface area contributed by atoms with E-state index in [2.05, 4.69) is 36.5 Å². The minimum Gasteiger partial charge on any atom is -0.305 e. The Hall–Kier alpha value is -1.84. The molecule has 4 heteroatoms. The van der Waals surface area contributed by atoms with Crippen LogP contribution in [0.25, 0.3) is 0 Å². The monoisotopic (exact) mass is 286 g/mol. The van der Waals surface area contributed by atoms with Crippen molar-refractivity contribution in [3.8, 4) is 0 Å². The van der Waals surface area contributed by atoms with Crippen molar-refractivity contribution in [1.82, 2.24) is 10.2 Å². The van der Waals surface area contributed by atoms with Crippen molar-refractivity contribution in [2.45, 2.75) is 57.5 Å². The molecule has 4 nitrogen and oxygen atoms in total. The van der Waals surface area contributed by atoms with Gasteiger partial charge < -0.3 is 4.90 Å². The van der Waals surface area contributed by atoms with Crippen molar-refractivity contribution in [2.24, 2.45) is 0 Å². The summed E-state index contributed by atoms with van der Waals surface area (Å²) in [5.74, 6) is -0.0996. The van der Waals surface area contributed by atoms with Gasteiger partial charge in [-0.15, -0.1) is 0 Å². The highest BCUT2D eigenvalue weighted by Crippen LogP contribution is 2.38. The molecule has 0 unspecified atom stereocenters. The highest BCUT2D eigenvalue weighted by Gasteiger charge is 2.52. The molecule has 1 spiro atoms. The van der Waals surface area contributed by atoms with Crippen LogP contribution in [0.3, 0.4) is 0 Å². The number of carbonyl (C=O) groups is 2. The molecule has 1 saturated carbocycles. The van der Waals surface area contributed by atoms with E-state index in [-0.39, 0.29) is 11.9 Å². The molecule has 0 aromatic heterocycles. The summed E-state index contributed by atoms with van der Waals surface area (Å²) >= 11 is 0. The Balaban J connectivity index is 1.84. The number of imide groups is 1. The van der Waals surface area contributed by atoms with Crippen LogP contribution < -0.4 is 5.32 Å². The predicted molar refractivity (Wildman–Crippen MR) is 80.7 cm³/mol. The molecule has 0 bridgehead atoms. The second-order valence-corrected chi connectivity index (χ2v) is 6.11. The van der Waals surface area contributed by atoms with E-state index in [0.717, 1.165) is 44.1 Å². The Bertz CT molecular complexity index is 544. The summed E-state index contributed by atoms with van der Waals surface area (Å²) in [4.78, 5) is 26.2. The first-order chi connectivity index (χ1) is 10.2. The van der Waals surface area contributed by atoms with Crippen LogP contribution in [0.5, 0.6) is 0 Å². The topological polar surface area (TPSA) is 49.4 Å². The standard InChI is InChI=1S/C17H22N2O2/c1-2-13-6-8-14(9-7-13)12-19-16(21)18-15(20)17(19)10-4-3-5-11-17/h6-9H,2-5,10-12H2,1H3,(H,18,20,21). The molecule has 1 aromatic rings. The normalized spacial score (nSPS) is 20.9. The van der Waals surface area contributed by atoms with E-state index < -0.39 is 5.54 Å². The van der Waals surface area contributed by atoms with E-state index in [1.165, 1.54) is 5.56 Å². The van der Waals surface area contributed by atoms with Gasteiger partial charge >= 0.3 is 6.03 Å². The Kier molecular flexibility index (Phi) is 3.70. The van der Waals surface area contributed by atoms with Crippen molar-refractivity contribution < 1.29 is 9.59 Å². The maximum absolute atomic E-state index is 12.3. The molecular weight excluding hydrogens is 264 g/mol. The molecule has 1 heterocycles. The molecular formula is C17H22N2O2. The van der Waals surface area contributed by atoms with Gasteiger partial charge in [-0.25, -0.2) is 4.79 Å². The largest absolute Gasteiger partial charge is 0.325 e. The number of hydrogen-bond donors (Lipinski definition) is 1. The smallest absolute Gasteiger partial charge is 0.305 e. The van der Waals surface area contributed by atoms with E-state index in [0.29, 0.717) is 6.54 Å². The maximum Gasteiger partial charge on any atom is 0.325 e. The Labute approximate surface area is 125 Å². The van der Waals surface area contributed by atoms with Gasteiger partial charge in [0.25, 0.3) is 5.91 Å². The molecule has 0 radical (unpaired) electrons. The molecule has 1 aliphatic heterocycles. The lowest BCUT2D eigenvalue weighted by Gasteiger charge is -2.38. The number of nitrogens with one attached hydrogen (secondary N) is 1. The van der Waals surface area contributed by atoms with Gasteiger partial charge in [0.1, 0.15) is 5.54 Å². The lowest BCUT2D eigenvalue weighted by Crippen LogP contribution is -2.50. The summed E-state index contributed by atoms with van der Waals surface area (Å²) in [7, 11) is 0. The number of urea groups is 1. The second kappa shape index (κ2) is 5.51. The minimum absolute atomic E-state index is 0.0996. The van der Waals surface area contributed by atoms with Crippen molar-refractivity contribution in [3.63, 3.8) is 0 Å². The third-order valence-electron chi connectivity index (χ3n) is 4.86. The predicted octanol–water partition coefficient (Wildman–Crippen LogP) is 3.00. The summed E-state index contributed by atoms with van der Waals surface area (Å²) in [5.41, 5.74) is 1.77. The third kappa shape index (κ3) is 2.43. The first kappa shape index (κ1) is 14.1. The summed E-state index contributed by atoms with van der Waals surface area (Å²) in [6.07, 6.45) is 5.78. The number of rotatable bonds is 3. The molecule has 0 atom stereocenters. The SMILES string of the molecule is CCc1ccc(CN2C(=O)NC(=O)C23CCCCC3)cc1. The van der Waals surface area contributed by atoms with Crippen LogP contribution in [0.4, 0.5) is 4.79 Å². The molecule has 2 fully saturated rings. The van der Waals surface area contributed by atoms with Gasteiger partial charge in [0.2, 0.25) is 0 Å². The van der Waals surface area contributed by atoms with Crippen molar-refractivity contribution in [2.75, 3.05) is 0 Å². The van der Waals surface area contributed by atoms with Crippen LogP contribution in [0, 0.1) is 0 Å². The van der Waals surface area contributed by atoms with Gasteiger partial charge in [0, 0.05) is 6.54 Å². The lowest BCUT2D eigenvalue weighted by molar-refractivity contribution is -0.128. The van der Waals surface area contributed by atoms with Gasteiger partial charge in [-0.3, -0.25) is 10.1 Å². The summed E-state index contributed by atoms with van der Waals surface area (Å²) < 4.78 is 0. The number of amides is 3. The van der Waals surface area contributed by atoms with Crippen LogP contribution in [-0.2, 0) is 17.8 Å². The van der Waals surface area contributed by atoms with Crippen molar-refractivity contribution in [3.05, 3.63) is 35.4 Å². The molecule has 3 rings (SSSR count). The number of hydrogen-bond acceptors (Lipinski definition) is 2. The third-order valence-corrected chi connectivity index (χ3v) is 4.86. The van der Waals surface area contributed by atoms with Crippen molar-refractivity contribution >= 4 is 11.9 Å². The van der Waals surface area contributed by atoms with E-state index in [4.69, 9.17) is 0 Å². The summed E-state index contributed by atoms with van der Waals surface area (Å²) in [6, 6.07) is 8.08. The Morgan fingerprint density at radius 1 is 1.05 bits per heavy atom. The first-order valence-corrected chi connectivity index (χ1v) is 7.86. The van der Waals surface area contributed by atoms with Crippen LogP contribution in [-0.4, -0.2) is 22.4 Å². The van der Waals surface area contributed by atoms with Gasteiger partial charge in [0.05, 0.1) is 0 Å². The highest BCUT2D eigenvalue weighted by atomic mass is 16.2. The molecule has 1 saturated heterocycles. The number of benzene rings is 1. The molecule has 21 heavy (non-hydrogen) atoms. The van der Waals surface area contributed by atoms with Crippen LogP contribution in [0.1, 0.15) is 50.2 Å². The number of carbonyl (C=O) groups excluding carboxylic acids is 2. The molecule has 1 aliphatic carbocycles. The van der Waals surface area contributed by atoms with Gasteiger partial charge in [-0.05, 0) is 30.4 Å². The summed E-state index contributed by atoms with van der Waals surface area (Å²) in [6.45, 7) is 2.64.